The fourth-order valence-electron chi connectivity index (χ4n) is 2.08. The van der Waals surface area contributed by atoms with Crippen molar-refractivity contribution in [3.05, 3.63) is 59.7 Å². The molecular formula is C19H18N2O4. The average molecular weight is 338 g/mol. The molecule has 0 aromatic heterocycles. The number of amides is 1. The van der Waals surface area contributed by atoms with E-state index in [-0.39, 0.29) is 12.5 Å². The number of hydrogen-bond donors (Lipinski definition) is 1. The molecule has 2 aromatic carbocycles. The summed E-state index contributed by atoms with van der Waals surface area (Å²) in [5.74, 6) is -0.422. The van der Waals surface area contributed by atoms with Crippen LogP contribution in [-0.2, 0) is 9.53 Å². The van der Waals surface area contributed by atoms with Gasteiger partial charge in [-0.3, -0.25) is 4.79 Å². The number of nitriles is 1. The Morgan fingerprint density at radius 3 is 2.68 bits per heavy atom. The maximum absolute atomic E-state index is 12.2. The second-order valence-corrected chi connectivity index (χ2v) is 5.19. The van der Waals surface area contributed by atoms with Crippen LogP contribution in [0, 0.1) is 11.3 Å². The van der Waals surface area contributed by atoms with Crippen molar-refractivity contribution < 1.29 is 19.1 Å². The third kappa shape index (κ3) is 5.08. The van der Waals surface area contributed by atoms with Gasteiger partial charge >= 0.3 is 5.97 Å². The molecular weight excluding hydrogens is 320 g/mol. The third-order valence-corrected chi connectivity index (χ3v) is 3.29. The first kappa shape index (κ1) is 18.0. The van der Waals surface area contributed by atoms with Gasteiger partial charge in [0.15, 0.2) is 6.10 Å². The van der Waals surface area contributed by atoms with Crippen LogP contribution in [0.2, 0.25) is 0 Å². The van der Waals surface area contributed by atoms with Crippen molar-refractivity contribution in [1.29, 1.82) is 5.26 Å². The minimum atomic E-state index is -0.789. The largest absolute Gasteiger partial charge is 0.481 e. The predicted octanol–water partition coefficient (Wildman–Crippen LogP) is 3.14. The fraction of sp³-hybridized carbons (Fsp3) is 0.211. The summed E-state index contributed by atoms with van der Waals surface area (Å²) in [4.78, 5) is 24.0. The van der Waals surface area contributed by atoms with Crippen LogP contribution >= 0.6 is 0 Å². The second kappa shape index (κ2) is 8.50. The van der Waals surface area contributed by atoms with Crippen LogP contribution in [0.5, 0.6) is 5.75 Å². The second-order valence-electron chi connectivity index (χ2n) is 5.19. The topological polar surface area (TPSA) is 88.4 Å². The average Bonchev–Trinajstić information content (AvgIpc) is 2.62. The summed E-state index contributed by atoms with van der Waals surface area (Å²) >= 11 is 0. The molecule has 0 spiro atoms. The van der Waals surface area contributed by atoms with E-state index in [1.807, 2.05) is 6.07 Å². The van der Waals surface area contributed by atoms with E-state index in [4.69, 9.17) is 14.7 Å². The van der Waals surface area contributed by atoms with E-state index in [1.165, 1.54) is 6.07 Å². The first-order chi connectivity index (χ1) is 12.0. The Bertz CT molecular complexity index is 811. The molecule has 0 fully saturated rings. The van der Waals surface area contributed by atoms with Gasteiger partial charge in [-0.05, 0) is 50.2 Å². The molecule has 0 unspecified atom stereocenters. The molecule has 6 nitrogen and oxygen atoms in total. The monoisotopic (exact) mass is 338 g/mol. The minimum absolute atomic E-state index is 0.282. The number of anilines is 1. The molecule has 0 aliphatic heterocycles. The van der Waals surface area contributed by atoms with Gasteiger partial charge in [0.1, 0.15) is 5.75 Å². The van der Waals surface area contributed by atoms with Crippen molar-refractivity contribution in [2.75, 3.05) is 11.9 Å². The van der Waals surface area contributed by atoms with Crippen LogP contribution < -0.4 is 10.1 Å². The Hall–Kier alpha value is -3.33. The lowest BCUT2D eigenvalue weighted by atomic mass is 10.2. The molecule has 0 saturated carbocycles. The first-order valence-corrected chi connectivity index (χ1v) is 7.78. The number of rotatable bonds is 6. The van der Waals surface area contributed by atoms with Gasteiger partial charge in [-0.25, -0.2) is 4.79 Å². The highest BCUT2D eigenvalue weighted by Gasteiger charge is 2.16. The Morgan fingerprint density at radius 2 is 1.96 bits per heavy atom. The van der Waals surface area contributed by atoms with E-state index >= 15 is 0 Å². The van der Waals surface area contributed by atoms with Gasteiger partial charge in [-0.2, -0.15) is 5.26 Å². The predicted molar refractivity (Wildman–Crippen MR) is 92.3 cm³/mol. The number of ether oxygens (including phenoxy) is 2. The molecule has 6 heteroatoms. The Kier molecular flexibility index (Phi) is 6.13. The molecule has 0 radical (unpaired) electrons. The summed E-state index contributed by atoms with van der Waals surface area (Å²) in [6.07, 6.45) is -0.789. The molecule has 0 aliphatic carbocycles. The smallest absolute Gasteiger partial charge is 0.338 e. The highest BCUT2D eigenvalue weighted by atomic mass is 16.5. The van der Waals surface area contributed by atoms with Crippen LogP contribution in [0.1, 0.15) is 29.8 Å². The van der Waals surface area contributed by atoms with Crippen LogP contribution in [0.25, 0.3) is 0 Å². The fourth-order valence-corrected chi connectivity index (χ4v) is 2.08. The van der Waals surface area contributed by atoms with Gasteiger partial charge < -0.3 is 14.8 Å². The SMILES string of the molecule is CCOC(=O)c1cccc(O[C@H](C)C(=O)Nc2cccc(C#N)c2)c1. The van der Waals surface area contributed by atoms with Crippen molar-refractivity contribution in [2.45, 2.75) is 20.0 Å². The van der Waals surface area contributed by atoms with Gasteiger partial charge in [-0.1, -0.05) is 12.1 Å². The van der Waals surface area contributed by atoms with Crippen molar-refractivity contribution >= 4 is 17.6 Å². The lowest BCUT2D eigenvalue weighted by molar-refractivity contribution is -0.122. The molecule has 1 N–H and O–H groups in total. The highest BCUT2D eigenvalue weighted by molar-refractivity contribution is 5.94. The maximum atomic E-state index is 12.2. The Labute approximate surface area is 146 Å². The summed E-state index contributed by atoms with van der Waals surface area (Å²) < 4.78 is 10.5. The van der Waals surface area contributed by atoms with Gasteiger partial charge in [0, 0.05) is 5.69 Å². The van der Waals surface area contributed by atoms with Crippen molar-refractivity contribution in [3.8, 4) is 11.8 Å². The zero-order valence-corrected chi connectivity index (χ0v) is 14.0. The van der Waals surface area contributed by atoms with Crippen molar-refractivity contribution in [2.24, 2.45) is 0 Å². The molecule has 0 heterocycles. The van der Waals surface area contributed by atoms with Crippen molar-refractivity contribution in [1.82, 2.24) is 0 Å². The summed E-state index contributed by atoms with van der Waals surface area (Å²) in [7, 11) is 0. The standard InChI is InChI=1S/C19H18N2O4/c1-3-24-19(23)15-7-5-9-17(11-15)25-13(2)18(22)21-16-8-4-6-14(10-16)12-20/h4-11,13H,3H2,1-2H3,(H,21,22)/t13-/m1/s1. The molecule has 128 valence electrons. The van der Waals surface area contributed by atoms with Crippen LogP contribution in [0.4, 0.5) is 5.69 Å². The Morgan fingerprint density at radius 1 is 1.20 bits per heavy atom. The number of hydrogen-bond acceptors (Lipinski definition) is 5. The zero-order chi connectivity index (χ0) is 18.2. The van der Waals surface area contributed by atoms with E-state index in [1.54, 1.807) is 56.3 Å². The zero-order valence-electron chi connectivity index (χ0n) is 14.0. The van der Waals surface area contributed by atoms with Gasteiger partial charge in [0.25, 0.3) is 5.91 Å². The van der Waals surface area contributed by atoms with Crippen molar-refractivity contribution in [3.63, 3.8) is 0 Å². The van der Waals surface area contributed by atoms with Crippen LogP contribution in [0.3, 0.4) is 0 Å². The highest BCUT2D eigenvalue weighted by Crippen LogP contribution is 2.17. The lowest BCUT2D eigenvalue weighted by Crippen LogP contribution is -2.30. The number of carbonyl (C=O) groups excluding carboxylic acids is 2. The van der Waals surface area contributed by atoms with Gasteiger partial charge in [0.2, 0.25) is 0 Å². The van der Waals surface area contributed by atoms with Gasteiger partial charge in [-0.15, -0.1) is 0 Å². The first-order valence-electron chi connectivity index (χ1n) is 7.78. The number of benzene rings is 2. The van der Waals surface area contributed by atoms with E-state index < -0.39 is 12.1 Å². The molecule has 25 heavy (non-hydrogen) atoms. The molecule has 0 bridgehead atoms. The van der Waals surface area contributed by atoms with Crippen LogP contribution in [-0.4, -0.2) is 24.6 Å². The lowest BCUT2D eigenvalue weighted by Gasteiger charge is -2.15. The summed E-state index contributed by atoms with van der Waals surface area (Å²) in [5.41, 5.74) is 1.32. The summed E-state index contributed by atoms with van der Waals surface area (Å²) in [6.45, 7) is 3.61. The molecule has 2 rings (SSSR count). The normalized spacial score (nSPS) is 11.1. The Balaban J connectivity index is 2.02. The van der Waals surface area contributed by atoms with Gasteiger partial charge in [0.05, 0.1) is 23.8 Å². The van der Waals surface area contributed by atoms with E-state index in [9.17, 15) is 9.59 Å². The number of nitrogens with zero attached hydrogens (tertiary/aromatic N) is 1. The summed E-state index contributed by atoms with van der Waals surface area (Å²) in [5, 5.41) is 11.6. The quantitative estimate of drug-likeness (QED) is 0.818. The number of carbonyl (C=O) groups is 2. The molecule has 0 saturated heterocycles. The van der Waals surface area contributed by atoms with Crippen LogP contribution in [0.15, 0.2) is 48.5 Å². The van der Waals surface area contributed by atoms with E-state index in [0.717, 1.165) is 0 Å². The number of esters is 1. The molecule has 0 aliphatic rings. The molecule has 1 amide bonds. The molecule has 1 atom stereocenters. The van der Waals surface area contributed by atoms with E-state index in [2.05, 4.69) is 5.32 Å². The maximum Gasteiger partial charge on any atom is 0.338 e. The minimum Gasteiger partial charge on any atom is -0.481 e. The number of nitrogens with one attached hydrogen (secondary N) is 1. The summed E-state index contributed by atoms with van der Waals surface area (Å²) in [6, 6.07) is 15.1. The van der Waals surface area contributed by atoms with E-state index in [0.29, 0.717) is 22.6 Å². The third-order valence-electron chi connectivity index (χ3n) is 3.29. The molecule has 2 aromatic rings.